The Morgan fingerprint density at radius 1 is 1.32 bits per heavy atom. The molecule has 0 saturated heterocycles. The molecule has 4 saturated carbocycles. The lowest BCUT2D eigenvalue weighted by Gasteiger charge is -2.58. The first-order valence-corrected chi connectivity index (χ1v) is 11.2. The highest BCUT2D eigenvalue weighted by Crippen LogP contribution is 2.56. The molecule has 4 N–H and O–H groups in total. The van der Waals surface area contributed by atoms with Gasteiger partial charge in [0.15, 0.2) is 6.73 Å². The Balaban J connectivity index is 1.47. The zero-order chi connectivity index (χ0) is 21.9. The van der Waals surface area contributed by atoms with Crippen molar-refractivity contribution in [2.45, 2.75) is 64.3 Å². The van der Waals surface area contributed by atoms with Gasteiger partial charge in [-0.3, -0.25) is 14.2 Å². The van der Waals surface area contributed by atoms with E-state index in [9.17, 15) is 14.7 Å². The van der Waals surface area contributed by atoms with Crippen molar-refractivity contribution in [3.63, 3.8) is 0 Å². The summed E-state index contributed by atoms with van der Waals surface area (Å²) in [6.45, 7) is 3.64. The molecule has 166 valence electrons. The number of anilines is 1. The van der Waals surface area contributed by atoms with Crippen LogP contribution < -0.4 is 11.1 Å². The van der Waals surface area contributed by atoms with Gasteiger partial charge in [0, 0.05) is 23.8 Å². The van der Waals surface area contributed by atoms with E-state index in [1.807, 2.05) is 6.07 Å². The van der Waals surface area contributed by atoms with Crippen molar-refractivity contribution in [3.8, 4) is 0 Å². The van der Waals surface area contributed by atoms with Crippen LogP contribution in [0.5, 0.6) is 0 Å². The zero-order valence-electron chi connectivity index (χ0n) is 18.0. The second kappa shape index (κ2) is 7.22. The van der Waals surface area contributed by atoms with Gasteiger partial charge in [-0.25, -0.2) is 4.98 Å². The van der Waals surface area contributed by atoms with Crippen LogP contribution in [0, 0.1) is 23.7 Å². The largest absolute Gasteiger partial charge is 0.444 e. The summed E-state index contributed by atoms with van der Waals surface area (Å²) in [6.07, 6.45) is 8.08. The number of fused-ring (bicyclic) bond motifs is 1. The van der Waals surface area contributed by atoms with Gasteiger partial charge in [0.1, 0.15) is 5.65 Å². The summed E-state index contributed by atoms with van der Waals surface area (Å²) < 4.78 is 7.11. The number of pyridine rings is 1. The first-order valence-electron chi connectivity index (χ1n) is 11.2. The van der Waals surface area contributed by atoms with E-state index in [1.165, 1.54) is 6.20 Å². The minimum atomic E-state index is -0.529. The normalized spacial score (nSPS) is 31.4. The van der Waals surface area contributed by atoms with Crippen molar-refractivity contribution in [3.05, 3.63) is 24.0 Å². The fraction of sp³-hybridized carbons (Fsp3) is 0.609. The molecule has 8 nitrogen and oxygen atoms in total. The molecule has 4 aliphatic rings. The van der Waals surface area contributed by atoms with Crippen molar-refractivity contribution >= 4 is 28.6 Å². The maximum Gasteiger partial charge on any atom is 0.310 e. The number of nitrogens with zero attached hydrogens (tertiary/aromatic N) is 2. The molecule has 2 aromatic heterocycles. The van der Waals surface area contributed by atoms with Crippen LogP contribution in [0.3, 0.4) is 0 Å². The molecule has 4 fully saturated rings. The molecule has 4 aliphatic carbocycles. The predicted octanol–water partition coefficient (Wildman–Crippen LogP) is 2.64. The van der Waals surface area contributed by atoms with Crippen LogP contribution in [0.1, 0.15) is 56.3 Å². The van der Waals surface area contributed by atoms with Crippen LogP contribution in [-0.2, 0) is 16.3 Å². The number of carbonyl (C=O) groups is 2. The summed E-state index contributed by atoms with van der Waals surface area (Å²) >= 11 is 0. The second-order valence-electron chi connectivity index (χ2n) is 10.0. The Kier molecular flexibility index (Phi) is 4.73. The zero-order valence-corrected chi connectivity index (χ0v) is 18.0. The van der Waals surface area contributed by atoms with E-state index in [-0.39, 0.29) is 24.7 Å². The van der Waals surface area contributed by atoms with Crippen molar-refractivity contribution in [2.75, 3.05) is 5.32 Å². The Bertz CT molecular complexity index is 1030. The van der Waals surface area contributed by atoms with Gasteiger partial charge in [-0.05, 0) is 55.9 Å². The quantitative estimate of drug-likeness (QED) is 0.611. The van der Waals surface area contributed by atoms with Crippen LogP contribution in [0.2, 0.25) is 0 Å². The Hall–Kier alpha value is -2.61. The lowest BCUT2D eigenvalue weighted by atomic mass is 9.52. The number of ether oxygens (including phenoxy) is 1. The van der Waals surface area contributed by atoms with Crippen molar-refractivity contribution in [2.24, 2.45) is 29.4 Å². The number of nitrogens with one attached hydrogen (secondary N) is 1. The summed E-state index contributed by atoms with van der Waals surface area (Å²) in [5, 5.41) is 15.3. The SMILES string of the molecule is CC(C)C(=O)OCn1ccc2c(NC3C4CC5CC3CC(O)(C5)C4)c(C(N)=O)cnc21. The highest BCUT2D eigenvalue weighted by atomic mass is 16.5. The third-order valence-corrected chi connectivity index (χ3v) is 7.42. The molecule has 2 atom stereocenters. The third-order valence-electron chi connectivity index (χ3n) is 7.42. The average Bonchev–Trinajstić information content (AvgIpc) is 3.10. The van der Waals surface area contributed by atoms with Crippen molar-refractivity contribution in [1.29, 1.82) is 0 Å². The van der Waals surface area contributed by atoms with Crippen LogP contribution in [0.25, 0.3) is 11.0 Å². The molecule has 31 heavy (non-hydrogen) atoms. The second-order valence-corrected chi connectivity index (χ2v) is 10.0. The molecular formula is C23H30N4O4. The van der Waals surface area contributed by atoms with Gasteiger partial charge in [0.25, 0.3) is 5.91 Å². The van der Waals surface area contributed by atoms with Gasteiger partial charge >= 0.3 is 5.97 Å². The number of hydrogen-bond donors (Lipinski definition) is 3. The monoisotopic (exact) mass is 426 g/mol. The molecule has 2 heterocycles. The Morgan fingerprint density at radius 2 is 2.03 bits per heavy atom. The Morgan fingerprint density at radius 3 is 2.65 bits per heavy atom. The summed E-state index contributed by atoms with van der Waals surface area (Å²) in [5.41, 5.74) is 6.84. The first kappa shape index (κ1) is 20.3. The lowest BCUT2D eigenvalue weighted by molar-refractivity contribution is -0.151. The van der Waals surface area contributed by atoms with Crippen LogP contribution in [0.4, 0.5) is 5.69 Å². The number of carbonyl (C=O) groups excluding carboxylic acids is 2. The number of nitrogens with two attached hydrogens (primary N) is 1. The predicted molar refractivity (Wildman–Crippen MR) is 115 cm³/mol. The minimum absolute atomic E-state index is 0.0618. The van der Waals surface area contributed by atoms with E-state index in [2.05, 4.69) is 10.3 Å². The molecule has 0 aromatic carbocycles. The summed E-state index contributed by atoms with van der Waals surface area (Å²) in [6, 6.07) is 2.08. The minimum Gasteiger partial charge on any atom is -0.444 e. The van der Waals surface area contributed by atoms with E-state index in [0.29, 0.717) is 34.7 Å². The number of aromatic nitrogens is 2. The van der Waals surface area contributed by atoms with Crippen LogP contribution in [0.15, 0.2) is 18.5 Å². The molecular weight excluding hydrogens is 396 g/mol. The van der Waals surface area contributed by atoms with Gasteiger partial charge in [-0.1, -0.05) is 13.8 Å². The van der Waals surface area contributed by atoms with E-state index in [1.54, 1.807) is 24.6 Å². The Labute approximate surface area is 181 Å². The number of esters is 1. The number of amides is 1. The highest BCUT2D eigenvalue weighted by Gasteiger charge is 2.54. The molecule has 2 unspecified atom stereocenters. The third kappa shape index (κ3) is 3.46. The van der Waals surface area contributed by atoms with E-state index in [0.717, 1.165) is 37.5 Å². The van der Waals surface area contributed by atoms with E-state index in [4.69, 9.17) is 10.5 Å². The number of hydrogen-bond acceptors (Lipinski definition) is 6. The topological polar surface area (TPSA) is 119 Å². The molecule has 2 aromatic rings. The summed E-state index contributed by atoms with van der Waals surface area (Å²) in [7, 11) is 0. The van der Waals surface area contributed by atoms with Gasteiger partial charge < -0.3 is 20.9 Å². The highest BCUT2D eigenvalue weighted by molar-refractivity contribution is 6.06. The van der Waals surface area contributed by atoms with Crippen molar-refractivity contribution in [1.82, 2.24) is 9.55 Å². The fourth-order valence-corrected chi connectivity index (χ4v) is 6.27. The van der Waals surface area contributed by atoms with Gasteiger partial charge in [0.2, 0.25) is 0 Å². The molecule has 1 amide bonds. The first-order chi connectivity index (χ1) is 14.7. The summed E-state index contributed by atoms with van der Waals surface area (Å²) in [4.78, 5) is 28.5. The molecule has 0 radical (unpaired) electrons. The standard InChI is InChI=1S/C23H30N4O4/c1-12(2)22(29)31-11-27-4-3-16-19(17(20(24)28)10-25-21(16)27)26-18-14-5-13-6-15(18)9-23(30,7-13)8-14/h3-4,10,12-15,18,30H,5-9,11H2,1-2H3,(H2,24,28)(H,25,26). The van der Waals surface area contributed by atoms with Gasteiger partial charge in [0.05, 0.1) is 22.8 Å². The van der Waals surface area contributed by atoms with Gasteiger partial charge in [-0.15, -0.1) is 0 Å². The van der Waals surface area contributed by atoms with Crippen LogP contribution in [-0.4, -0.2) is 38.2 Å². The average molecular weight is 427 g/mol. The van der Waals surface area contributed by atoms with Crippen molar-refractivity contribution < 1.29 is 19.4 Å². The smallest absolute Gasteiger partial charge is 0.310 e. The molecule has 6 rings (SSSR count). The molecule has 4 bridgehead atoms. The maximum absolute atomic E-state index is 12.2. The maximum atomic E-state index is 12.2. The van der Waals surface area contributed by atoms with Crippen LogP contribution >= 0.6 is 0 Å². The lowest BCUT2D eigenvalue weighted by Crippen LogP contribution is -2.59. The summed E-state index contributed by atoms with van der Waals surface area (Å²) in [5.74, 6) is 0.355. The van der Waals surface area contributed by atoms with E-state index < -0.39 is 11.5 Å². The van der Waals surface area contributed by atoms with Gasteiger partial charge in [-0.2, -0.15) is 0 Å². The number of aliphatic hydroxyl groups is 1. The number of primary amides is 1. The van der Waals surface area contributed by atoms with E-state index >= 15 is 0 Å². The fourth-order valence-electron chi connectivity index (χ4n) is 6.27. The molecule has 0 aliphatic heterocycles. The number of rotatable bonds is 6. The molecule has 0 spiro atoms. The molecule has 8 heteroatoms.